The molecule has 1 nitrogen and oxygen atoms in total. The molecule has 1 aromatic rings. The fourth-order valence-corrected chi connectivity index (χ4v) is 1.17. The van der Waals surface area contributed by atoms with Gasteiger partial charge in [-0.05, 0) is 30.4 Å². The van der Waals surface area contributed by atoms with E-state index in [0.717, 1.165) is 12.2 Å². The van der Waals surface area contributed by atoms with Crippen molar-refractivity contribution in [2.24, 2.45) is 0 Å². The van der Waals surface area contributed by atoms with Crippen molar-refractivity contribution in [1.82, 2.24) is 0 Å². The van der Waals surface area contributed by atoms with Crippen molar-refractivity contribution in [2.45, 2.75) is 6.42 Å². The summed E-state index contributed by atoms with van der Waals surface area (Å²) in [4.78, 5) is 0. The Balaban J connectivity index is 2.90. The number of benzene rings is 1. The van der Waals surface area contributed by atoms with Crippen molar-refractivity contribution >= 4 is 18.7 Å². The Bertz CT molecular complexity index is 379. The molecule has 0 saturated heterocycles. The van der Waals surface area contributed by atoms with E-state index in [4.69, 9.17) is 5.26 Å². The van der Waals surface area contributed by atoms with Gasteiger partial charge in [0.15, 0.2) is 0 Å². The third-order valence-electron chi connectivity index (χ3n) is 1.72. The van der Waals surface area contributed by atoms with Gasteiger partial charge in [0.05, 0.1) is 11.6 Å². The quantitative estimate of drug-likeness (QED) is 0.757. The molecule has 0 aromatic heterocycles. The van der Waals surface area contributed by atoms with Gasteiger partial charge >= 0.3 is 0 Å². The van der Waals surface area contributed by atoms with Crippen LogP contribution in [0.15, 0.2) is 24.3 Å². The molecule has 0 N–H and O–H groups in total. The summed E-state index contributed by atoms with van der Waals surface area (Å²) < 4.78 is 13.2. The topological polar surface area (TPSA) is 23.8 Å². The van der Waals surface area contributed by atoms with Gasteiger partial charge < -0.3 is 0 Å². The number of nitrogens with zero attached hydrogens (tertiary/aromatic N) is 1. The molecule has 1 aromatic carbocycles. The highest BCUT2D eigenvalue weighted by Gasteiger charge is 1.99. The fourth-order valence-electron chi connectivity index (χ4n) is 1.03. The number of hydrogen-bond donors (Lipinski definition) is 1. The zero-order valence-corrected chi connectivity index (χ0v) is 8.47. The highest BCUT2D eigenvalue weighted by molar-refractivity contribution is 7.80. The summed E-state index contributed by atoms with van der Waals surface area (Å²) in [5.41, 5.74) is 0.919. The molecule has 0 unspecified atom stereocenters. The Labute approximate surface area is 88.3 Å². The van der Waals surface area contributed by atoms with Gasteiger partial charge in [-0.1, -0.05) is 12.2 Å². The monoisotopic (exact) mass is 207 g/mol. The summed E-state index contributed by atoms with van der Waals surface area (Å²) in [6.07, 6.45) is 4.30. The van der Waals surface area contributed by atoms with Crippen LogP contribution in [-0.2, 0) is 0 Å². The molecule has 0 aliphatic heterocycles. The van der Waals surface area contributed by atoms with Gasteiger partial charge in [0, 0.05) is 5.56 Å². The van der Waals surface area contributed by atoms with Crippen molar-refractivity contribution in [3.05, 3.63) is 41.2 Å². The molecule has 72 valence electrons. The first-order valence-electron chi connectivity index (χ1n) is 4.25. The molecule has 0 bridgehead atoms. The molecule has 0 heterocycles. The lowest BCUT2D eigenvalue weighted by molar-refractivity contribution is 0.625. The van der Waals surface area contributed by atoms with Crippen LogP contribution < -0.4 is 0 Å². The summed E-state index contributed by atoms with van der Waals surface area (Å²) in [5.74, 6) is 0.426. The Hall–Kier alpha value is -1.27. The molecule has 14 heavy (non-hydrogen) atoms. The van der Waals surface area contributed by atoms with Crippen LogP contribution in [0.2, 0.25) is 0 Å². The Morgan fingerprint density at radius 1 is 1.50 bits per heavy atom. The summed E-state index contributed by atoms with van der Waals surface area (Å²) >= 11 is 4.03. The standard InChI is InChI=1S/C11H10FNS/c12-11-5-4-9(8-13)7-10(11)3-1-2-6-14/h1,3-5,7,14H,2,6H2. The van der Waals surface area contributed by atoms with E-state index >= 15 is 0 Å². The first kappa shape index (κ1) is 10.8. The van der Waals surface area contributed by atoms with E-state index < -0.39 is 0 Å². The Kier molecular flexibility index (Phi) is 4.21. The fraction of sp³-hybridized carbons (Fsp3) is 0.182. The second-order valence-corrected chi connectivity index (χ2v) is 3.21. The average Bonchev–Trinajstić information content (AvgIpc) is 2.21. The Morgan fingerprint density at radius 2 is 2.29 bits per heavy atom. The minimum Gasteiger partial charge on any atom is -0.206 e. The smallest absolute Gasteiger partial charge is 0.130 e. The molecule has 0 atom stereocenters. The van der Waals surface area contributed by atoms with E-state index in [0.29, 0.717) is 11.1 Å². The second kappa shape index (κ2) is 5.46. The number of rotatable bonds is 3. The predicted molar refractivity (Wildman–Crippen MR) is 58.6 cm³/mol. The molecule has 0 aliphatic rings. The molecule has 0 aliphatic carbocycles. The van der Waals surface area contributed by atoms with E-state index in [2.05, 4.69) is 12.6 Å². The van der Waals surface area contributed by atoms with Crippen LogP contribution in [0.1, 0.15) is 17.5 Å². The zero-order valence-electron chi connectivity index (χ0n) is 7.57. The first-order valence-corrected chi connectivity index (χ1v) is 4.88. The Morgan fingerprint density at radius 3 is 2.93 bits per heavy atom. The van der Waals surface area contributed by atoms with Gasteiger partial charge in [-0.15, -0.1) is 0 Å². The number of hydrogen-bond acceptors (Lipinski definition) is 2. The molecule has 0 spiro atoms. The van der Waals surface area contributed by atoms with E-state index in [1.54, 1.807) is 6.08 Å². The van der Waals surface area contributed by atoms with E-state index in [9.17, 15) is 4.39 Å². The minimum atomic E-state index is -0.306. The minimum absolute atomic E-state index is 0.306. The number of halogens is 1. The van der Waals surface area contributed by atoms with Crippen LogP contribution in [0.4, 0.5) is 4.39 Å². The summed E-state index contributed by atoms with van der Waals surface area (Å²) in [7, 11) is 0. The van der Waals surface area contributed by atoms with Gasteiger partial charge in [0.2, 0.25) is 0 Å². The van der Waals surface area contributed by atoms with Crippen LogP contribution in [0.5, 0.6) is 0 Å². The van der Waals surface area contributed by atoms with Crippen molar-refractivity contribution in [3.8, 4) is 6.07 Å². The third-order valence-corrected chi connectivity index (χ3v) is 1.98. The van der Waals surface area contributed by atoms with Crippen molar-refractivity contribution in [1.29, 1.82) is 5.26 Å². The summed E-state index contributed by atoms with van der Waals surface area (Å²) in [6, 6.07) is 6.27. The zero-order chi connectivity index (χ0) is 10.4. The lowest BCUT2D eigenvalue weighted by atomic mass is 10.1. The predicted octanol–water partition coefficient (Wildman–Crippen LogP) is 3.03. The molecule has 0 saturated carbocycles. The van der Waals surface area contributed by atoms with Gasteiger partial charge in [-0.2, -0.15) is 17.9 Å². The van der Waals surface area contributed by atoms with Crippen molar-refractivity contribution in [3.63, 3.8) is 0 Å². The van der Waals surface area contributed by atoms with Gasteiger partial charge in [-0.3, -0.25) is 0 Å². The van der Waals surface area contributed by atoms with Crippen molar-refractivity contribution < 1.29 is 4.39 Å². The SMILES string of the molecule is N#Cc1ccc(F)c(C=CCCS)c1. The third kappa shape index (κ3) is 2.90. The van der Waals surface area contributed by atoms with Gasteiger partial charge in [0.1, 0.15) is 5.82 Å². The maximum Gasteiger partial charge on any atom is 0.130 e. The van der Waals surface area contributed by atoms with Gasteiger partial charge in [0.25, 0.3) is 0 Å². The normalized spacial score (nSPS) is 10.4. The molecule has 3 heteroatoms. The van der Waals surface area contributed by atoms with Crippen LogP contribution in [0.3, 0.4) is 0 Å². The first-order chi connectivity index (χ1) is 6.77. The lowest BCUT2D eigenvalue weighted by Gasteiger charge is -1.96. The lowest BCUT2D eigenvalue weighted by Crippen LogP contribution is -1.84. The average molecular weight is 207 g/mol. The second-order valence-electron chi connectivity index (χ2n) is 2.76. The number of nitriles is 1. The summed E-state index contributed by atoms with van der Waals surface area (Å²) in [6.45, 7) is 0. The molecule has 0 fully saturated rings. The molecular weight excluding hydrogens is 197 g/mol. The largest absolute Gasteiger partial charge is 0.206 e. The number of thiol groups is 1. The maximum atomic E-state index is 13.2. The number of allylic oxidation sites excluding steroid dienone is 1. The van der Waals surface area contributed by atoms with Gasteiger partial charge in [-0.25, -0.2) is 4.39 Å². The van der Waals surface area contributed by atoms with Crippen LogP contribution in [-0.4, -0.2) is 5.75 Å². The highest BCUT2D eigenvalue weighted by Crippen LogP contribution is 2.12. The molecule has 0 radical (unpaired) electrons. The van der Waals surface area contributed by atoms with Crippen LogP contribution >= 0.6 is 12.6 Å². The van der Waals surface area contributed by atoms with E-state index in [-0.39, 0.29) is 5.82 Å². The molecular formula is C11H10FNS. The van der Waals surface area contributed by atoms with E-state index in [1.165, 1.54) is 18.2 Å². The highest BCUT2D eigenvalue weighted by atomic mass is 32.1. The van der Waals surface area contributed by atoms with Crippen molar-refractivity contribution in [2.75, 3.05) is 5.75 Å². The maximum absolute atomic E-state index is 13.2. The molecule has 0 amide bonds. The molecule has 1 rings (SSSR count). The van der Waals surface area contributed by atoms with E-state index in [1.807, 2.05) is 12.1 Å². The van der Waals surface area contributed by atoms with Crippen LogP contribution in [0.25, 0.3) is 6.08 Å². The summed E-state index contributed by atoms with van der Waals surface area (Å²) in [5, 5.41) is 8.62. The van der Waals surface area contributed by atoms with Crippen LogP contribution in [0, 0.1) is 17.1 Å².